The zero-order chi connectivity index (χ0) is 19.1. The number of phenolic OH excluding ortho intramolecular Hbond substituents is 1. The fourth-order valence-electron chi connectivity index (χ4n) is 2.38. The van der Waals surface area contributed by atoms with Gasteiger partial charge in [0.15, 0.2) is 0 Å². The average molecular weight is 366 g/mol. The molecule has 0 aliphatic carbocycles. The first kappa shape index (κ1) is 18.1. The molecule has 8 nitrogen and oxygen atoms in total. The van der Waals surface area contributed by atoms with Crippen LogP contribution in [0.4, 0.5) is 0 Å². The zero-order valence-corrected chi connectivity index (χ0v) is 14.4. The number of hydrogen-bond acceptors (Lipinski definition) is 6. The minimum atomic E-state index is -0.592. The van der Waals surface area contributed by atoms with Crippen molar-refractivity contribution in [3.05, 3.63) is 66.1 Å². The molecule has 0 spiro atoms. The molecule has 3 aromatic rings. The molecule has 8 heteroatoms. The number of rotatable bonds is 6. The van der Waals surface area contributed by atoms with E-state index in [1.54, 1.807) is 12.1 Å². The van der Waals surface area contributed by atoms with E-state index in [0.717, 1.165) is 5.56 Å². The predicted octanol–water partition coefficient (Wildman–Crippen LogP) is 2.23. The second-order valence-corrected chi connectivity index (χ2v) is 5.75. The predicted molar refractivity (Wildman–Crippen MR) is 96.4 cm³/mol. The second-order valence-electron chi connectivity index (χ2n) is 5.75. The van der Waals surface area contributed by atoms with E-state index in [9.17, 15) is 14.7 Å². The number of aryl methyl sites for hydroxylation is 1. The van der Waals surface area contributed by atoms with Gasteiger partial charge in [-0.25, -0.2) is 0 Å². The van der Waals surface area contributed by atoms with Gasteiger partial charge in [0.05, 0.1) is 5.56 Å². The summed E-state index contributed by atoms with van der Waals surface area (Å²) in [4.78, 5) is 28.0. The van der Waals surface area contributed by atoms with Crippen LogP contribution >= 0.6 is 0 Å². The summed E-state index contributed by atoms with van der Waals surface area (Å²) in [5, 5.41) is 13.5. The van der Waals surface area contributed by atoms with Crippen LogP contribution in [-0.4, -0.2) is 27.1 Å². The Morgan fingerprint density at radius 3 is 2.52 bits per heavy atom. The highest BCUT2D eigenvalue weighted by Gasteiger charge is 2.12. The molecule has 138 valence electrons. The molecule has 0 unspecified atom stereocenters. The second kappa shape index (κ2) is 8.61. The van der Waals surface area contributed by atoms with Crippen LogP contribution in [0, 0.1) is 0 Å². The summed E-state index contributed by atoms with van der Waals surface area (Å²) in [5.74, 6) is -0.160. The minimum absolute atomic E-state index is 0.0806. The smallest absolute Gasteiger partial charge is 0.273 e. The van der Waals surface area contributed by atoms with Gasteiger partial charge in [0, 0.05) is 18.4 Å². The Labute approximate surface area is 155 Å². The maximum atomic E-state index is 11.9. The van der Waals surface area contributed by atoms with Gasteiger partial charge >= 0.3 is 0 Å². The maximum absolute atomic E-state index is 11.9. The molecule has 0 atom stereocenters. The number of nitrogens with zero attached hydrogens (tertiary/aromatic N) is 2. The van der Waals surface area contributed by atoms with Crippen molar-refractivity contribution in [2.75, 3.05) is 0 Å². The van der Waals surface area contributed by atoms with Gasteiger partial charge in [-0.15, -0.1) is 0 Å². The Hall–Kier alpha value is -3.68. The van der Waals surface area contributed by atoms with Crippen molar-refractivity contribution in [1.29, 1.82) is 0 Å². The van der Waals surface area contributed by atoms with Gasteiger partial charge in [0.2, 0.25) is 17.6 Å². The summed E-state index contributed by atoms with van der Waals surface area (Å²) in [6, 6.07) is 15.5. The monoisotopic (exact) mass is 366 g/mol. The number of nitrogens with one attached hydrogen (secondary N) is 2. The topological polar surface area (TPSA) is 117 Å². The molecule has 0 bridgehead atoms. The van der Waals surface area contributed by atoms with Crippen molar-refractivity contribution in [2.24, 2.45) is 0 Å². The number of hydrogen-bond donors (Lipinski definition) is 3. The molecule has 0 aliphatic heterocycles. The van der Waals surface area contributed by atoms with E-state index in [4.69, 9.17) is 4.52 Å². The lowest BCUT2D eigenvalue weighted by Gasteiger charge is -2.08. The van der Waals surface area contributed by atoms with Crippen LogP contribution in [0.1, 0.15) is 29.1 Å². The largest absolute Gasteiger partial charge is 0.507 e. The number of carbonyl (C=O) groups is 2. The molecule has 27 heavy (non-hydrogen) atoms. The number of amides is 2. The number of carbonyl (C=O) groups excluding carboxylic acids is 2. The summed E-state index contributed by atoms with van der Waals surface area (Å²) < 4.78 is 5.18. The van der Waals surface area contributed by atoms with E-state index in [0.29, 0.717) is 24.6 Å². The third-order valence-corrected chi connectivity index (χ3v) is 3.76. The molecule has 1 aromatic heterocycles. The number of para-hydroxylation sites is 1. The first-order valence-corrected chi connectivity index (χ1v) is 8.38. The average Bonchev–Trinajstić information content (AvgIpc) is 3.16. The minimum Gasteiger partial charge on any atom is -0.507 e. The fraction of sp³-hybridized carbons (Fsp3) is 0.158. The standard InChI is InChI=1S/C19H18N4O4/c24-15-10-5-4-9-14(15)19(26)22-21-16(25)11-6-12-17-20-18(23-27-17)13-7-2-1-3-8-13/h1-5,7-10,24H,6,11-12H2,(H,21,25)(H,22,26). The normalized spacial score (nSPS) is 10.4. The Morgan fingerprint density at radius 2 is 1.74 bits per heavy atom. The molecular weight excluding hydrogens is 348 g/mol. The lowest BCUT2D eigenvalue weighted by molar-refractivity contribution is -0.121. The first-order valence-electron chi connectivity index (χ1n) is 8.38. The van der Waals surface area contributed by atoms with Crippen molar-refractivity contribution in [3.8, 4) is 17.1 Å². The van der Waals surface area contributed by atoms with E-state index in [1.165, 1.54) is 12.1 Å². The quantitative estimate of drug-likeness (QED) is 0.576. The van der Waals surface area contributed by atoms with Gasteiger partial charge in [-0.1, -0.05) is 47.6 Å². The number of benzene rings is 2. The Kier molecular flexibility index (Phi) is 5.78. The molecule has 0 saturated heterocycles. The lowest BCUT2D eigenvalue weighted by Crippen LogP contribution is -2.41. The molecule has 3 rings (SSSR count). The van der Waals surface area contributed by atoms with Gasteiger partial charge < -0.3 is 9.63 Å². The molecule has 0 saturated carbocycles. The van der Waals surface area contributed by atoms with Crippen LogP contribution in [0.2, 0.25) is 0 Å². The molecular formula is C19H18N4O4. The highest BCUT2D eigenvalue weighted by molar-refractivity contribution is 5.97. The van der Waals surface area contributed by atoms with Gasteiger partial charge in [0.1, 0.15) is 5.75 Å². The summed E-state index contributed by atoms with van der Waals surface area (Å²) in [5.41, 5.74) is 5.51. The number of aromatic nitrogens is 2. The zero-order valence-electron chi connectivity index (χ0n) is 14.4. The highest BCUT2D eigenvalue weighted by atomic mass is 16.5. The third-order valence-electron chi connectivity index (χ3n) is 3.76. The Balaban J connectivity index is 1.42. The first-order chi connectivity index (χ1) is 13.1. The summed E-state index contributed by atoms with van der Waals surface area (Å²) >= 11 is 0. The summed E-state index contributed by atoms with van der Waals surface area (Å²) in [6.45, 7) is 0. The van der Waals surface area contributed by atoms with Gasteiger partial charge in [-0.05, 0) is 18.6 Å². The molecule has 0 radical (unpaired) electrons. The molecule has 2 aromatic carbocycles. The molecule has 0 fully saturated rings. The molecule has 0 aliphatic rings. The third kappa shape index (κ3) is 4.91. The fourth-order valence-corrected chi connectivity index (χ4v) is 2.38. The van der Waals surface area contributed by atoms with Crippen molar-refractivity contribution >= 4 is 11.8 Å². The molecule has 2 amide bonds. The van der Waals surface area contributed by atoms with Crippen molar-refractivity contribution < 1.29 is 19.2 Å². The van der Waals surface area contributed by atoms with Gasteiger partial charge in [-0.2, -0.15) is 4.98 Å². The van der Waals surface area contributed by atoms with E-state index in [2.05, 4.69) is 21.0 Å². The van der Waals surface area contributed by atoms with Crippen molar-refractivity contribution in [3.63, 3.8) is 0 Å². The van der Waals surface area contributed by atoms with Crippen LogP contribution in [0.3, 0.4) is 0 Å². The summed E-state index contributed by atoms with van der Waals surface area (Å²) in [6.07, 6.45) is 1.10. The van der Waals surface area contributed by atoms with Crippen LogP contribution in [0.5, 0.6) is 5.75 Å². The van der Waals surface area contributed by atoms with E-state index >= 15 is 0 Å². The van der Waals surface area contributed by atoms with Crippen LogP contribution in [0.25, 0.3) is 11.4 Å². The number of hydrazine groups is 1. The maximum Gasteiger partial charge on any atom is 0.273 e. The molecule has 1 heterocycles. The SMILES string of the molecule is O=C(CCCc1nc(-c2ccccc2)no1)NNC(=O)c1ccccc1O. The van der Waals surface area contributed by atoms with E-state index < -0.39 is 5.91 Å². The van der Waals surface area contributed by atoms with Gasteiger partial charge in [-0.3, -0.25) is 20.4 Å². The number of aromatic hydroxyl groups is 1. The van der Waals surface area contributed by atoms with Crippen molar-refractivity contribution in [1.82, 2.24) is 21.0 Å². The Morgan fingerprint density at radius 1 is 1.00 bits per heavy atom. The van der Waals surface area contributed by atoms with Crippen molar-refractivity contribution in [2.45, 2.75) is 19.3 Å². The van der Waals surface area contributed by atoms with Crippen LogP contribution in [0.15, 0.2) is 59.1 Å². The van der Waals surface area contributed by atoms with E-state index in [1.807, 2.05) is 30.3 Å². The summed E-state index contributed by atoms with van der Waals surface area (Å²) in [7, 11) is 0. The highest BCUT2D eigenvalue weighted by Crippen LogP contribution is 2.16. The Bertz CT molecular complexity index is 924. The van der Waals surface area contributed by atoms with E-state index in [-0.39, 0.29) is 23.6 Å². The van der Waals surface area contributed by atoms with Crippen LogP contribution < -0.4 is 10.9 Å². The van der Waals surface area contributed by atoms with Gasteiger partial charge in [0.25, 0.3) is 5.91 Å². The number of phenols is 1. The molecule has 3 N–H and O–H groups in total. The van der Waals surface area contributed by atoms with Crippen LogP contribution in [-0.2, 0) is 11.2 Å². The lowest BCUT2D eigenvalue weighted by atomic mass is 10.2.